The van der Waals surface area contributed by atoms with E-state index in [0.29, 0.717) is 11.6 Å². The minimum absolute atomic E-state index is 0.131. The number of hydrogen-bond acceptors (Lipinski definition) is 5. The van der Waals surface area contributed by atoms with Crippen molar-refractivity contribution >= 4 is 5.69 Å². The quantitative estimate of drug-likeness (QED) is 0.570. The Balaban J connectivity index is 2.36. The summed E-state index contributed by atoms with van der Waals surface area (Å²) >= 11 is 0. The zero-order valence-electron chi connectivity index (χ0n) is 11.7. The number of nitrogens with zero attached hydrogens (tertiary/aromatic N) is 1. The van der Waals surface area contributed by atoms with Crippen molar-refractivity contribution in [1.82, 2.24) is 10.4 Å². The summed E-state index contributed by atoms with van der Waals surface area (Å²) in [4.78, 5) is 4.16. The molecule has 2 rings (SSSR count). The lowest BCUT2D eigenvalue weighted by molar-refractivity contribution is -0.0805. The molecule has 3 unspecified atom stereocenters. The van der Waals surface area contributed by atoms with Crippen molar-refractivity contribution in [3.8, 4) is 0 Å². The highest BCUT2D eigenvalue weighted by atomic mass is 16.5. The number of ether oxygens (including phenoxy) is 1. The van der Waals surface area contributed by atoms with Crippen LogP contribution in [-0.2, 0) is 4.74 Å². The summed E-state index contributed by atoms with van der Waals surface area (Å²) in [5.41, 5.74) is 10.3. The molecule has 1 aliphatic carbocycles. The van der Waals surface area contributed by atoms with Crippen LogP contribution in [-0.4, -0.2) is 17.7 Å². The predicted octanol–water partition coefficient (Wildman–Crippen LogP) is 1.76. The minimum atomic E-state index is -0.302. The lowest BCUT2D eigenvalue weighted by Crippen LogP contribution is -2.50. The largest absolute Gasteiger partial charge is 0.398 e. The molecule has 1 aromatic heterocycles. The maximum Gasteiger partial charge on any atom is 0.0889 e. The third kappa shape index (κ3) is 2.73. The zero-order valence-corrected chi connectivity index (χ0v) is 11.7. The molecule has 3 atom stereocenters. The Morgan fingerprint density at radius 3 is 2.95 bits per heavy atom. The van der Waals surface area contributed by atoms with Crippen LogP contribution in [0.4, 0.5) is 5.69 Å². The van der Waals surface area contributed by atoms with Gasteiger partial charge in [-0.25, -0.2) is 5.43 Å². The van der Waals surface area contributed by atoms with Crippen LogP contribution in [0.2, 0.25) is 0 Å². The molecular formula is C14H24N4O. The lowest BCUT2D eigenvalue weighted by Gasteiger charge is -2.44. The Labute approximate surface area is 114 Å². The van der Waals surface area contributed by atoms with Crippen LogP contribution in [0.5, 0.6) is 0 Å². The first kappa shape index (κ1) is 14.2. The molecule has 0 aliphatic heterocycles. The summed E-state index contributed by atoms with van der Waals surface area (Å²) < 4.78 is 5.89. The third-order valence-corrected chi connectivity index (χ3v) is 4.29. The number of pyridine rings is 1. The first-order valence-corrected chi connectivity index (χ1v) is 6.83. The van der Waals surface area contributed by atoms with Crippen molar-refractivity contribution in [2.24, 2.45) is 11.8 Å². The van der Waals surface area contributed by atoms with E-state index in [2.05, 4.69) is 17.3 Å². The number of hydrogen-bond donors (Lipinski definition) is 3. The maximum atomic E-state index is 6.06. The second kappa shape index (κ2) is 5.86. The summed E-state index contributed by atoms with van der Waals surface area (Å²) in [7, 11) is 1.76. The van der Waals surface area contributed by atoms with Gasteiger partial charge in [-0.05, 0) is 24.8 Å². The molecule has 5 nitrogen and oxygen atoms in total. The standard InChI is InChI=1S/C14H24N4O/c1-10-4-3-6-14(8-10,19-2)13(18-16)11-9-17-7-5-12(11)15/h5,7,9-10,13,18H,3-4,6,8,16H2,1-2H3,(H2,15,17). The zero-order chi connectivity index (χ0) is 13.9. The monoisotopic (exact) mass is 264 g/mol. The summed E-state index contributed by atoms with van der Waals surface area (Å²) in [6, 6.07) is 1.67. The number of rotatable bonds is 4. The van der Waals surface area contributed by atoms with Gasteiger partial charge in [-0.1, -0.05) is 19.8 Å². The van der Waals surface area contributed by atoms with E-state index in [9.17, 15) is 0 Å². The summed E-state index contributed by atoms with van der Waals surface area (Å²) in [5.74, 6) is 6.42. The van der Waals surface area contributed by atoms with Crippen LogP contribution in [0.15, 0.2) is 18.5 Å². The van der Waals surface area contributed by atoms with Gasteiger partial charge < -0.3 is 10.5 Å². The SMILES string of the molecule is COC1(C(NN)c2cnccc2N)CCCC(C)C1. The molecule has 19 heavy (non-hydrogen) atoms. The molecule has 0 amide bonds. The van der Waals surface area contributed by atoms with Gasteiger partial charge in [0.05, 0.1) is 11.6 Å². The van der Waals surface area contributed by atoms with Gasteiger partial charge in [0.15, 0.2) is 0 Å². The number of nitrogens with two attached hydrogens (primary N) is 2. The second-order valence-electron chi connectivity index (χ2n) is 5.57. The molecule has 1 aromatic rings. The minimum Gasteiger partial charge on any atom is -0.398 e. The van der Waals surface area contributed by atoms with Crippen LogP contribution in [0.3, 0.4) is 0 Å². The number of hydrazine groups is 1. The van der Waals surface area contributed by atoms with E-state index >= 15 is 0 Å². The Hall–Kier alpha value is -1.17. The van der Waals surface area contributed by atoms with E-state index in [-0.39, 0.29) is 11.6 Å². The molecule has 0 aromatic carbocycles. The van der Waals surface area contributed by atoms with Gasteiger partial charge in [0.2, 0.25) is 0 Å². The van der Waals surface area contributed by atoms with Crippen molar-refractivity contribution in [1.29, 1.82) is 0 Å². The second-order valence-corrected chi connectivity index (χ2v) is 5.57. The first-order valence-electron chi connectivity index (χ1n) is 6.83. The normalized spacial score (nSPS) is 29.1. The average Bonchev–Trinajstić information content (AvgIpc) is 2.42. The van der Waals surface area contributed by atoms with E-state index in [1.807, 2.05) is 0 Å². The van der Waals surface area contributed by atoms with Crippen LogP contribution in [0.1, 0.15) is 44.2 Å². The molecule has 0 bridgehead atoms. The third-order valence-electron chi connectivity index (χ3n) is 4.29. The molecule has 5 N–H and O–H groups in total. The fourth-order valence-corrected chi connectivity index (χ4v) is 3.29. The molecule has 0 saturated heterocycles. The molecule has 1 aliphatic rings. The topological polar surface area (TPSA) is 86.2 Å². The predicted molar refractivity (Wildman–Crippen MR) is 76.1 cm³/mol. The molecule has 5 heteroatoms. The summed E-state index contributed by atoms with van der Waals surface area (Å²) in [6.07, 6.45) is 7.82. The van der Waals surface area contributed by atoms with Gasteiger partial charge >= 0.3 is 0 Å². The number of aromatic nitrogens is 1. The van der Waals surface area contributed by atoms with Gasteiger partial charge in [-0.15, -0.1) is 0 Å². The first-order chi connectivity index (χ1) is 9.13. The Kier molecular flexibility index (Phi) is 4.39. The van der Waals surface area contributed by atoms with Crippen LogP contribution in [0, 0.1) is 5.92 Å². The van der Waals surface area contributed by atoms with Gasteiger partial charge in [-0.2, -0.15) is 0 Å². The highest BCUT2D eigenvalue weighted by molar-refractivity contribution is 5.47. The van der Waals surface area contributed by atoms with Gasteiger partial charge in [0, 0.05) is 30.8 Å². The van der Waals surface area contributed by atoms with Crippen LogP contribution in [0.25, 0.3) is 0 Å². The maximum absolute atomic E-state index is 6.06. The van der Waals surface area contributed by atoms with E-state index in [4.69, 9.17) is 16.3 Å². The molecule has 1 fully saturated rings. The van der Waals surface area contributed by atoms with E-state index in [1.165, 1.54) is 6.42 Å². The Bertz CT molecular complexity index is 426. The Morgan fingerprint density at radius 1 is 1.58 bits per heavy atom. The molecule has 1 saturated carbocycles. The van der Waals surface area contributed by atoms with E-state index in [0.717, 1.165) is 24.8 Å². The number of methoxy groups -OCH3 is 1. The molecular weight excluding hydrogens is 240 g/mol. The molecule has 0 radical (unpaired) electrons. The number of nitrogen functional groups attached to an aromatic ring is 1. The van der Waals surface area contributed by atoms with Crippen molar-refractivity contribution in [3.63, 3.8) is 0 Å². The number of nitrogens with one attached hydrogen (secondary N) is 1. The molecule has 1 heterocycles. The molecule has 0 spiro atoms. The van der Waals surface area contributed by atoms with Crippen LogP contribution < -0.4 is 17.0 Å². The summed E-state index contributed by atoms with van der Waals surface area (Å²) in [5, 5.41) is 0. The van der Waals surface area contributed by atoms with Gasteiger partial charge in [0.25, 0.3) is 0 Å². The van der Waals surface area contributed by atoms with Gasteiger partial charge in [-0.3, -0.25) is 10.8 Å². The highest BCUT2D eigenvalue weighted by Gasteiger charge is 2.43. The van der Waals surface area contributed by atoms with E-state index in [1.54, 1.807) is 25.6 Å². The van der Waals surface area contributed by atoms with Crippen molar-refractivity contribution in [2.45, 2.75) is 44.2 Å². The van der Waals surface area contributed by atoms with Gasteiger partial charge in [0.1, 0.15) is 0 Å². The smallest absolute Gasteiger partial charge is 0.0889 e. The van der Waals surface area contributed by atoms with E-state index < -0.39 is 0 Å². The summed E-state index contributed by atoms with van der Waals surface area (Å²) in [6.45, 7) is 2.26. The lowest BCUT2D eigenvalue weighted by atomic mass is 9.73. The fraction of sp³-hybridized carbons (Fsp3) is 0.643. The van der Waals surface area contributed by atoms with Crippen molar-refractivity contribution in [3.05, 3.63) is 24.0 Å². The fourth-order valence-electron chi connectivity index (χ4n) is 3.29. The highest BCUT2D eigenvalue weighted by Crippen LogP contribution is 2.43. The number of anilines is 1. The van der Waals surface area contributed by atoms with Crippen LogP contribution >= 0.6 is 0 Å². The average molecular weight is 264 g/mol. The van der Waals surface area contributed by atoms with Crippen molar-refractivity contribution in [2.75, 3.05) is 12.8 Å². The van der Waals surface area contributed by atoms with Crippen molar-refractivity contribution < 1.29 is 4.74 Å². The molecule has 106 valence electrons. The Morgan fingerprint density at radius 2 is 2.37 bits per heavy atom.